The molecule has 1 atom stereocenters. The number of carbonyl (C=O) groups excluding carboxylic acids is 1. The van der Waals surface area contributed by atoms with Crippen LogP contribution in [0.1, 0.15) is 35.3 Å². The van der Waals surface area contributed by atoms with Crippen LogP contribution in [0.15, 0.2) is 72.8 Å². The normalized spacial score (nSPS) is 11.4. The molecule has 3 aromatic carbocycles. The van der Waals surface area contributed by atoms with Crippen molar-refractivity contribution in [3.05, 3.63) is 94.0 Å². The van der Waals surface area contributed by atoms with Crippen LogP contribution in [0.25, 0.3) is 0 Å². The number of rotatable bonds is 10. The lowest BCUT2D eigenvalue weighted by Crippen LogP contribution is -2.16. The lowest BCUT2D eigenvalue weighted by Gasteiger charge is -2.20. The highest BCUT2D eigenvalue weighted by atomic mass is 16.6. The summed E-state index contributed by atoms with van der Waals surface area (Å²) in [4.78, 5) is 23.5. The van der Waals surface area contributed by atoms with E-state index in [0.717, 1.165) is 17.0 Å². The third-order valence-electron chi connectivity index (χ3n) is 4.81. The minimum Gasteiger partial charge on any atom is -0.497 e. The molecule has 7 heteroatoms. The van der Waals surface area contributed by atoms with Crippen LogP contribution in [0.5, 0.6) is 11.5 Å². The molecule has 0 aliphatic rings. The summed E-state index contributed by atoms with van der Waals surface area (Å²) in [5.41, 5.74) is 2.17. The molecule has 1 unspecified atom stereocenters. The van der Waals surface area contributed by atoms with E-state index < -0.39 is 4.92 Å². The summed E-state index contributed by atoms with van der Waals surface area (Å²) in [7, 11) is 1.57. The molecule has 160 valence electrons. The van der Waals surface area contributed by atoms with Gasteiger partial charge in [-0.2, -0.15) is 0 Å². The van der Waals surface area contributed by atoms with Gasteiger partial charge < -0.3 is 14.8 Å². The van der Waals surface area contributed by atoms with Gasteiger partial charge in [0, 0.05) is 29.8 Å². The fourth-order valence-electron chi connectivity index (χ4n) is 3.18. The lowest BCUT2D eigenvalue weighted by molar-refractivity contribution is -0.384. The van der Waals surface area contributed by atoms with E-state index in [1.807, 2.05) is 31.2 Å². The van der Waals surface area contributed by atoms with Crippen molar-refractivity contribution in [1.82, 2.24) is 0 Å². The highest BCUT2D eigenvalue weighted by molar-refractivity contribution is 5.96. The number of hydrogen-bond donors (Lipinski definition) is 1. The Morgan fingerprint density at radius 1 is 0.968 bits per heavy atom. The van der Waals surface area contributed by atoms with Gasteiger partial charge in [-0.15, -0.1) is 0 Å². The largest absolute Gasteiger partial charge is 0.497 e. The smallest absolute Gasteiger partial charge is 0.269 e. The van der Waals surface area contributed by atoms with E-state index in [2.05, 4.69) is 5.32 Å². The summed E-state index contributed by atoms with van der Waals surface area (Å²) in [6, 6.07) is 20.3. The van der Waals surface area contributed by atoms with Crippen LogP contribution in [0.4, 0.5) is 11.4 Å². The topological polar surface area (TPSA) is 90.7 Å². The van der Waals surface area contributed by atoms with Crippen LogP contribution in [0.2, 0.25) is 0 Å². The van der Waals surface area contributed by atoms with E-state index >= 15 is 0 Å². The molecular formula is C24H24N2O5. The van der Waals surface area contributed by atoms with Gasteiger partial charge >= 0.3 is 0 Å². The van der Waals surface area contributed by atoms with Gasteiger partial charge in [0.25, 0.3) is 5.69 Å². The molecule has 7 nitrogen and oxygen atoms in total. The molecule has 0 aliphatic heterocycles. The van der Waals surface area contributed by atoms with Crippen molar-refractivity contribution >= 4 is 17.2 Å². The standard InChI is InChI=1S/C24H24N2O5/c1-3-31-22-14-8-19(9-15-22)25-23(17-4-10-20(11-5-17)26(28)29)16-24(27)18-6-12-21(30-2)13-7-18/h4-15,23,25H,3,16H2,1-2H3. The first-order chi connectivity index (χ1) is 15.0. The molecule has 3 rings (SSSR count). The Labute approximate surface area is 180 Å². The summed E-state index contributed by atoms with van der Waals surface area (Å²) in [6.45, 7) is 2.50. The summed E-state index contributed by atoms with van der Waals surface area (Å²) < 4.78 is 10.6. The lowest BCUT2D eigenvalue weighted by atomic mass is 9.97. The average Bonchev–Trinajstić information content (AvgIpc) is 2.80. The molecule has 0 aromatic heterocycles. The van der Waals surface area contributed by atoms with E-state index in [-0.39, 0.29) is 23.9 Å². The number of ether oxygens (including phenoxy) is 2. The van der Waals surface area contributed by atoms with E-state index in [9.17, 15) is 14.9 Å². The second-order valence-electron chi connectivity index (χ2n) is 6.86. The summed E-state index contributed by atoms with van der Waals surface area (Å²) in [5.74, 6) is 1.38. The Kier molecular flexibility index (Phi) is 7.22. The van der Waals surface area contributed by atoms with E-state index in [1.54, 1.807) is 43.5 Å². The van der Waals surface area contributed by atoms with Gasteiger partial charge in [0.2, 0.25) is 0 Å². The first-order valence-corrected chi connectivity index (χ1v) is 9.91. The third kappa shape index (κ3) is 5.82. The van der Waals surface area contributed by atoms with Crippen molar-refractivity contribution in [2.45, 2.75) is 19.4 Å². The quantitative estimate of drug-likeness (QED) is 0.267. The Morgan fingerprint density at radius 3 is 2.13 bits per heavy atom. The SMILES string of the molecule is CCOc1ccc(NC(CC(=O)c2ccc(OC)cc2)c2ccc([N+](=O)[O-])cc2)cc1. The predicted octanol–water partition coefficient (Wildman–Crippen LogP) is 5.43. The zero-order chi connectivity index (χ0) is 22.2. The van der Waals surface area contributed by atoms with Gasteiger partial charge in [0.15, 0.2) is 5.78 Å². The number of nitro groups is 1. The van der Waals surface area contributed by atoms with Crippen LogP contribution in [-0.4, -0.2) is 24.4 Å². The Hall–Kier alpha value is -3.87. The molecule has 0 spiro atoms. The highest BCUT2D eigenvalue weighted by Gasteiger charge is 2.19. The number of benzene rings is 3. The number of nitro benzene ring substituents is 1. The van der Waals surface area contributed by atoms with E-state index in [4.69, 9.17) is 9.47 Å². The van der Waals surface area contributed by atoms with Crippen LogP contribution in [-0.2, 0) is 0 Å². The Morgan fingerprint density at radius 2 is 1.58 bits per heavy atom. The number of non-ortho nitro benzene ring substituents is 1. The number of Topliss-reactive ketones (excluding diaryl/α,β-unsaturated/α-hetero) is 1. The number of nitrogens with one attached hydrogen (secondary N) is 1. The molecule has 0 amide bonds. The fourth-order valence-corrected chi connectivity index (χ4v) is 3.18. The van der Waals surface area contributed by atoms with Crippen LogP contribution >= 0.6 is 0 Å². The highest BCUT2D eigenvalue weighted by Crippen LogP contribution is 2.27. The second-order valence-corrected chi connectivity index (χ2v) is 6.86. The third-order valence-corrected chi connectivity index (χ3v) is 4.81. The van der Waals surface area contributed by atoms with Gasteiger partial charge in [-0.1, -0.05) is 12.1 Å². The van der Waals surface area contributed by atoms with Crippen molar-refractivity contribution < 1.29 is 19.2 Å². The van der Waals surface area contributed by atoms with Crippen LogP contribution < -0.4 is 14.8 Å². The maximum atomic E-state index is 12.9. The maximum absolute atomic E-state index is 12.9. The molecule has 0 heterocycles. The number of ketones is 1. The second kappa shape index (κ2) is 10.2. The Balaban J connectivity index is 1.83. The molecule has 0 fully saturated rings. The predicted molar refractivity (Wildman–Crippen MR) is 119 cm³/mol. The van der Waals surface area contributed by atoms with Gasteiger partial charge in [-0.3, -0.25) is 14.9 Å². The van der Waals surface area contributed by atoms with Crippen LogP contribution in [0.3, 0.4) is 0 Å². The summed E-state index contributed by atoms with van der Waals surface area (Å²) in [5, 5.41) is 14.4. The van der Waals surface area contributed by atoms with Crippen molar-refractivity contribution in [3.63, 3.8) is 0 Å². The maximum Gasteiger partial charge on any atom is 0.269 e. The first-order valence-electron chi connectivity index (χ1n) is 9.91. The fraction of sp³-hybridized carbons (Fsp3) is 0.208. The van der Waals surface area contributed by atoms with Crippen LogP contribution in [0, 0.1) is 10.1 Å². The summed E-state index contributed by atoms with van der Waals surface area (Å²) in [6.07, 6.45) is 0.178. The number of anilines is 1. The van der Waals surface area contributed by atoms with Crippen molar-refractivity contribution in [3.8, 4) is 11.5 Å². The number of hydrogen-bond acceptors (Lipinski definition) is 6. The van der Waals surface area contributed by atoms with Gasteiger partial charge in [-0.25, -0.2) is 0 Å². The van der Waals surface area contributed by atoms with Gasteiger partial charge in [-0.05, 0) is 61.0 Å². The molecule has 0 aliphatic carbocycles. The number of nitrogens with zero attached hydrogens (tertiary/aromatic N) is 1. The summed E-state index contributed by atoms with van der Waals surface area (Å²) >= 11 is 0. The van der Waals surface area contributed by atoms with Gasteiger partial charge in [0.1, 0.15) is 11.5 Å². The molecule has 0 radical (unpaired) electrons. The minimum absolute atomic E-state index is 0.00467. The zero-order valence-electron chi connectivity index (χ0n) is 17.4. The van der Waals surface area contributed by atoms with Gasteiger partial charge in [0.05, 0.1) is 24.7 Å². The van der Waals surface area contributed by atoms with Crippen molar-refractivity contribution in [1.29, 1.82) is 0 Å². The Bertz CT molecular complexity index is 1020. The molecular weight excluding hydrogens is 396 g/mol. The number of methoxy groups -OCH3 is 1. The molecule has 31 heavy (non-hydrogen) atoms. The van der Waals surface area contributed by atoms with E-state index in [1.165, 1.54) is 12.1 Å². The van der Waals surface area contributed by atoms with Crippen molar-refractivity contribution in [2.24, 2.45) is 0 Å². The average molecular weight is 420 g/mol. The first kappa shape index (κ1) is 21.8. The molecule has 0 bridgehead atoms. The minimum atomic E-state index is -0.443. The molecule has 1 N–H and O–H groups in total. The molecule has 0 saturated heterocycles. The van der Waals surface area contributed by atoms with Crippen molar-refractivity contribution in [2.75, 3.05) is 19.0 Å². The van der Waals surface area contributed by atoms with E-state index in [0.29, 0.717) is 17.9 Å². The zero-order valence-corrected chi connectivity index (χ0v) is 17.4. The number of carbonyl (C=O) groups is 1. The molecule has 3 aromatic rings. The molecule has 0 saturated carbocycles. The monoisotopic (exact) mass is 420 g/mol.